The van der Waals surface area contributed by atoms with Crippen molar-refractivity contribution in [3.8, 4) is 0 Å². The zero-order valence-electron chi connectivity index (χ0n) is 11.0. The second-order valence-electron chi connectivity index (χ2n) is 5.85. The summed E-state index contributed by atoms with van der Waals surface area (Å²) in [6, 6.07) is 3.49. The van der Waals surface area contributed by atoms with Crippen molar-refractivity contribution < 1.29 is 4.42 Å². The van der Waals surface area contributed by atoms with Gasteiger partial charge in [-0.3, -0.25) is 0 Å². The van der Waals surface area contributed by atoms with Crippen molar-refractivity contribution >= 4 is 0 Å². The van der Waals surface area contributed by atoms with Gasteiger partial charge in [0.05, 0.1) is 12.5 Å². The van der Waals surface area contributed by atoms with E-state index in [-0.39, 0.29) is 0 Å². The van der Waals surface area contributed by atoms with Crippen LogP contribution in [0.5, 0.6) is 0 Å². The van der Waals surface area contributed by atoms with E-state index in [1.54, 1.807) is 6.26 Å². The molecule has 1 aliphatic heterocycles. The lowest BCUT2D eigenvalue weighted by atomic mass is 9.78. The Bertz CT molecular complexity index is 349. The molecule has 2 fully saturated rings. The molecule has 2 aliphatic rings. The minimum Gasteiger partial charge on any atom is -0.472 e. The topological polar surface area (TPSA) is 37.2 Å². The minimum atomic E-state index is 0.663. The van der Waals surface area contributed by atoms with Crippen LogP contribution in [0, 0.1) is 5.92 Å². The Morgan fingerprint density at radius 3 is 3.06 bits per heavy atom. The molecule has 3 atom stereocenters. The predicted molar refractivity (Wildman–Crippen MR) is 72.3 cm³/mol. The Morgan fingerprint density at radius 1 is 1.22 bits per heavy atom. The third-order valence-corrected chi connectivity index (χ3v) is 4.54. The molecule has 3 nitrogen and oxygen atoms in total. The molecule has 0 bridgehead atoms. The quantitative estimate of drug-likeness (QED) is 0.860. The largest absolute Gasteiger partial charge is 0.472 e. The molecule has 3 heteroatoms. The second kappa shape index (κ2) is 5.89. The zero-order chi connectivity index (χ0) is 12.2. The number of fused-ring (bicyclic) bond motifs is 1. The number of nitrogens with one attached hydrogen (secondary N) is 2. The van der Waals surface area contributed by atoms with Gasteiger partial charge in [-0.05, 0) is 37.7 Å². The molecule has 1 aromatic rings. The predicted octanol–water partition coefficient (Wildman–Crippen LogP) is 2.68. The fourth-order valence-electron chi connectivity index (χ4n) is 3.52. The Kier molecular flexibility index (Phi) is 4.01. The Hall–Kier alpha value is -0.800. The number of piperidine rings is 1. The molecule has 2 N–H and O–H groups in total. The van der Waals surface area contributed by atoms with Crippen molar-refractivity contribution in [2.75, 3.05) is 6.54 Å². The molecular formula is C15H24N2O. The van der Waals surface area contributed by atoms with Crippen LogP contribution in [0.25, 0.3) is 0 Å². The van der Waals surface area contributed by atoms with Gasteiger partial charge in [-0.1, -0.05) is 12.8 Å². The summed E-state index contributed by atoms with van der Waals surface area (Å²) in [5, 5.41) is 7.38. The highest BCUT2D eigenvalue weighted by molar-refractivity contribution is 5.04. The molecule has 0 amide bonds. The fourth-order valence-corrected chi connectivity index (χ4v) is 3.52. The maximum absolute atomic E-state index is 5.07. The maximum Gasteiger partial charge on any atom is 0.0947 e. The van der Waals surface area contributed by atoms with E-state index in [0.29, 0.717) is 6.04 Å². The summed E-state index contributed by atoms with van der Waals surface area (Å²) < 4.78 is 5.07. The first-order valence-corrected chi connectivity index (χ1v) is 7.39. The molecule has 3 unspecified atom stereocenters. The summed E-state index contributed by atoms with van der Waals surface area (Å²) in [5.41, 5.74) is 1.24. The normalized spacial score (nSPS) is 32.1. The maximum atomic E-state index is 5.07. The Labute approximate surface area is 109 Å². The average Bonchev–Trinajstić information content (AvgIpc) is 2.92. The number of hydrogen-bond donors (Lipinski definition) is 2. The second-order valence-corrected chi connectivity index (χ2v) is 5.85. The molecule has 0 aromatic carbocycles. The summed E-state index contributed by atoms with van der Waals surface area (Å²) in [7, 11) is 0. The molecule has 100 valence electrons. The lowest BCUT2D eigenvalue weighted by molar-refractivity contribution is 0.174. The van der Waals surface area contributed by atoms with Crippen LogP contribution in [0.2, 0.25) is 0 Å². The third kappa shape index (κ3) is 2.96. The molecule has 1 aromatic heterocycles. The van der Waals surface area contributed by atoms with Crippen LogP contribution in [0.3, 0.4) is 0 Å². The average molecular weight is 248 g/mol. The van der Waals surface area contributed by atoms with Crippen LogP contribution in [0.15, 0.2) is 23.0 Å². The lowest BCUT2D eigenvalue weighted by Crippen LogP contribution is -2.52. The van der Waals surface area contributed by atoms with Crippen molar-refractivity contribution in [1.29, 1.82) is 0 Å². The zero-order valence-corrected chi connectivity index (χ0v) is 11.0. The summed E-state index contributed by atoms with van der Waals surface area (Å²) in [5.74, 6) is 0.962. The van der Waals surface area contributed by atoms with Crippen LogP contribution in [-0.2, 0) is 6.54 Å². The van der Waals surface area contributed by atoms with E-state index in [1.165, 1.54) is 44.1 Å². The first-order chi connectivity index (χ1) is 8.92. The van der Waals surface area contributed by atoms with Gasteiger partial charge in [0.15, 0.2) is 0 Å². The molecule has 1 saturated heterocycles. The Balaban J connectivity index is 1.41. The van der Waals surface area contributed by atoms with E-state index in [4.69, 9.17) is 4.42 Å². The van der Waals surface area contributed by atoms with Gasteiger partial charge < -0.3 is 15.1 Å². The van der Waals surface area contributed by atoms with Crippen LogP contribution < -0.4 is 10.6 Å². The van der Waals surface area contributed by atoms with E-state index in [1.807, 2.05) is 12.3 Å². The summed E-state index contributed by atoms with van der Waals surface area (Å²) in [6.45, 7) is 2.00. The molecule has 3 rings (SSSR count). The molecule has 0 spiro atoms. The van der Waals surface area contributed by atoms with E-state index >= 15 is 0 Å². The van der Waals surface area contributed by atoms with Gasteiger partial charge in [-0.25, -0.2) is 0 Å². The van der Waals surface area contributed by atoms with Gasteiger partial charge in [-0.15, -0.1) is 0 Å². The van der Waals surface area contributed by atoms with E-state index in [0.717, 1.165) is 25.0 Å². The van der Waals surface area contributed by atoms with Crippen LogP contribution in [0.1, 0.15) is 44.1 Å². The summed E-state index contributed by atoms with van der Waals surface area (Å²) in [6.07, 6.45) is 12.0. The van der Waals surface area contributed by atoms with E-state index in [9.17, 15) is 0 Å². The monoisotopic (exact) mass is 248 g/mol. The summed E-state index contributed by atoms with van der Waals surface area (Å²) in [4.78, 5) is 0. The lowest BCUT2D eigenvalue weighted by Gasteiger charge is -2.40. The fraction of sp³-hybridized carbons (Fsp3) is 0.733. The van der Waals surface area contributed by atoms with Crippen LogP contribution in [0.4, 0.5) is 0 Å². The molecule has 1 aliphatic carbocycles. The minimum absolute atomic E-state index is 0.663. The van der Waals surface area contributed by atoms with Crippen LogP contribution >= 0.6 is 0 Å². The number of hydrogen-bond acceptors (Lipinski definition) is 3. The van der Waals surface area contributed by atoms with Gasteiger partial charge in [0, 0.05) is 30.7 Å². The molecule has 0 radical (unpaired) electrons. The van der Waals surface area contributed by atoms with Crippen molar-refractivity contribution in [3.63, 3.8) is 0 Å². The van der Waals surface area contributed by atoms with Crippen molar-refractivity contribution in [2.45, 2.75) is 57.2 Å². The highest BCUT2D eigenvalue weighted by atomic mass is 16.3. The van der Waals surface area contributed by atoms with E-state index in [2.05, 4.69) is 10.6 Å². The number of rotatable bonds is 4. The number of furan rings is 1. The van der Waals surface area contributed by atoms with Gasteiger partial charge in [0.25, 0.3) is 0 Å². The molecule has 2 heterocycles. The van der Waals surface area contributed by atoms with Crippen molar-refractivity contribution in [2.24, 2.45) is 5.92 Å². The SMILES string of the molecule is c1cc(CNCC2CCC3CCCCC3N2)co1. The first kappa shape index (κ1) is 12.2. The van der Waals surface area contributed by atoms with Crippen molar-refractivity contribution in [1.82, 2.24) is 10.6 Å². The summed E-state index contributed by atoms with van der Waals surface area (Å²) >= 11 is 0. The highest BCUT2D eigenvalue weighted by Gasteiger charge is 2.31. The van der Waals surface area contributed by atoms with Crippen LogP contribution in [-0.4, -0.2) is 18.6 Å². The smallest absolute Gasteiger partial charge is 0.0947 e. The highest BCUT2D eigenvalue weighted by Crippen LogP contribution is 2.31. The molecule has 18 heavy (non-hydrogen) atoms. The first-order valence-electron chi connectivity index (χ1n) is 7.39. The van der Waals surface area contributed by atoms with Crippen molar-refractivity contribution in [3.05, 3.63) is 24.2 Å². The van der Waals surface area contributed by atoms with Gasteiger partial charge in [-0.2, -0.15) is 0 Å². The standard InChI is InChI=1S/C15H24N2O/c1-2-4-15-13(3-1)5-6-14(17-15)10-16-9-12-7-8-18-11-12/h7-8,11,13-17H,1-6,9-10H2. The van der Waals surface area contributed by atoms with Gasteiger partial charge >= 0.3 is 0 Å². The van der Waals surface area contributed by atoms with E-state index < -0.39 is 0 Å². The third-order valence-electron chi connectivity index (χ3n) is 4.54. The van der Waals surface area contributed by atoms with Gasteiger partial charge in [0.1, 0.15) is 0 Å². The molecule has 1 saturated carbocycles. The Morgan fingerprint density at radius 2 is 2.17 bits per heavy atom. The van der Waals surface area contributed by atoms with Gasteiger partial charge in [0.2, 0.25) is 0 Å². The molecular weight excluding hydrogens is 224 g/mol.